The summed E-state index contributed by atoms with van der Waals surface area (Å²) in [6, 6.07) is 3.19. The molecule has 8 heteroatoms. The minimum Gasteiger partial charge on any atom is -0.550 e. The number of rotatable bonds is 6. The Hall–Kier alpha value is -2.54. The van der Waals surface area contributed by atoms with Gasteiger partial charge in [-0.2, -0.15) is 0 Å². The molecule has 1 N–H and O–H groups in total. The number of aryl methyl sites for hydroxylation is 1. The molecule has 162 valence electrons. The molecule has 0 aliphatic heterocycles. The van der Waals surface area contributed by atoms with E-state index in [1.165, 1.54) is 6.07 Å². The highest BCUT2D eigenvalue weighted by molar-refractivity contribution is 6.32. The lowest BCUT2D eigenvalue weighted by Crippen LogP contribution is -2.40. The Morgan fingerprint density at radius 2 is 1.90 bits per heavy atom. The number of carbonyl (C=O) groups is 2. The molecule has 30 heavy (non-hydrogen) atoms. The van der Waals surface area contributed by atoms with Crippen molar-refractivity contribution in [3.05, 3.63) is 38.7 Å². The van der Waals surface area contributed by atoms with Gasteiger partial charge >= 0.3 is 5.63 Å². The van der Waals surface area contributed by atoms with Crippen molar-refractivity contribution in [3.8, 4) is 5.75 Å². The molecule has 0 unspecified atom stereocenters. The molecule has 2 aromatic rings. The van der Waals surface area contributed by atoms with E-state index in [0.717, 1.165) is 18.4 Å². The molecule has 1 aromatic heterocycles. The van der Waals surface area contributed by atoms with E-state index in [1.807, 2.05) is 6.92 Å². The van der Waals surface area contributed by atoms with E-state index in [1.54, 1.807) is 19.9 Å². The summed E-state index contributed by atoms with van der Waals surface area (Å²) >= 11 is 6.32. The second kappa shape index (κ2) is 9.08. The smallest absolute Gasteiger partial charge is 0.339 e. The molecule has 0 bridgehead atoms. The van der Waals surface area contributed by atoms with Crippen LogP contribution in [0.1, 0.15) is 43.7 Å². The molecule has 1 aliphatic carbocycles. The fourth-order valence-electron chi connectivity index (χ4n) is 3.77. The number of aliphatic carboxylic acids is 1. The molecular formula is C22H25ClNO6-. The van der Waals surface area contributed by atoms with E-state index < -0.39 is 17.7 Å². The van der Waals surface area contributed by atoms with Crippen molar-refractivity contribution in [2.24, 2.45) is 11.8 Å². The Labute approximate surface area is 179 Å². The van der Waals surface area contributed by atoms with Crippen LogP contribution in [-0.4, -0.2) is 24.5 Å². The average Bonchev–Trinajstić information content (AvgIpc) is 2.72. The number of carboxylic acid groups (broad SMARTS) is 1. The van der Waals surface area contributed by atoms with E-state index in [9.17, 15) is 19.5 Å². The number of ether oxygens (including phenoxy) is 1. The third-order valence-corrected chi connectivity index (χ3v) is 6.22. The van der Waals surface area contributed by atoms with Gasteiger partial charge in [0, 0.05) is 29.5 Å². The lowest BCUT2D eigenvalue weighted by Gasteiger charge is -2.29. The summed E-state index contributed by atoms with van der Waals surface area (Å²) in [6.07, 6.45) is 1.82. The summed E-state index contributed by atoms with van der Waals surface area (Å²) in [4.78, 5) is 35.3. The topological polar surface area (TPSA) is 109 Å². The van der Waals surface area contributed by atoms with Crippen molar-refractivity contribution in [2.75, 3.05) is 6.54 Å². The minimum absolute atomic E-state index is 0.237. The molecular weight excluding hydrogens is 410 g/mol. The molecule has 1 heterocycles. The number of hydrogen-bond donors (Lipinski definition) is 1. The molecule has 1 aromatic carbocycles. The number of hydrogen-bond acceptors (Lipinski definition) is 6. The van der Waals surface area contributed by atoms with Crippen LogP contribution in [0.5, 0.6) is 5.75 Å². The fourth-order valence-corrected chi connectivity index (χ4v) is 3.98. The summed E-state index contributed by atoms with van der Waals surface area (Å²) in [5.74, 6) is -1.18. The summed E-state index contributed by atoms with van der Waals surface area (Å²) in [5, 5.41) is 14.8. The summed E-state index contributed by atoms with van der Waals surface area (Å²) < 4.78 is 11.0. The zero-order chi connectivity index (χ0) is 22.0. The van der Waals surface area contributed by atoms with Gasteiger partial charge in [0.1, 0.15) is 11.3 Å². The van der Waals surface area contributed by atoms with Gasteiger partial charge in [-0.05, 0) is 69.9 Å². The zero-order valence-corrected chi connectivity index (χ0v) is 18.0. The average molecular weight is 435 g/mol. The first-order valence-electron chi connectivity index (χ1n) is 10.1. The van der Waals surface area contributed by atoms with Crippen LogP contribution in [0.2, 0.25) is 5.02 Å². The quantitative estimate of drug-likeness (QED) is 0.699. The molecule has 1 amide bonds. The van der Waals surface area contributed by atoms with Crippen molar-refractivity contribution in [1.82, 2.24) is 5.32 Å². The molecule has 0 saturated heterocycles. The van der Waals surface area contributed by atoms with Crippen molar-refractivity contribution in [3.63, 3.8) is 0 Å². The Morgan fingerprint density at radius 1 is 1.23 bits per heavy atom. The third-order valence-electron chi connectivity index (χ3n) is 5.93. The van der Waals surface area contributed by atoms with Crippen molar-refractivity contribution < 1.29 is 23.8 Å². The van der Waals surface area contributed by atoms with Crippen molar-refractivity contribution in [2.45, 2.75) is 52.6 Å². The number of nitrogens with one attached hydrogen (secondary N) is 1. The summed E-state index contributed by atoms with van der Waals surface area (Å²) in [7, 11) is 0. The molecule has 3 rings (SSSR count). The van der Waals surface area contributed by atoms with Gasteiger partial charge in [-0.1, -0.05) is 11.6 Å². The van der Waals surface area contributed by atoms with E-state index in [0.29, 0.717) is 40.9 Å². The second-order valence-electron chi connectivity index (χ2n) is 7.96. The summed E-state index contributed by atoms with van der Waals surface area (Å²) in [6.45, 7) is 5.59. The molecule has 0 spiro atoms. The maximum atomic E-state index is 12.4. The highest BCUT2D eigenvalue weighted by Gasteiger charge is 2.24. The molecule has 1 saturated carbocycles. The first-order valence-corrected chi connectivity index (χ1v) is 10.4. The van der Waals surface area contributed by atoms with Crippen LogP contribution in [0, 0.1) is 25.7 Å². The van der Waals surface area contributed by atoms with E-state index in [2.05, 4.69) is 5.32 Å². The van der Waals surface area contributed by atoms with Gasteiger partial charge in [0.2, 0.25) is 0 Å². The van der Waals surface area contributed by atoms with Crippen LogP contribution < -0.4 is 20.8 Å². The Kier molecular flexibility index (Phi) is 6.71. The zero-order valence-electron chi connectivity index (χ0n) is 17.2. The number of carbonyl (C=O) groups excluding carboxylic acids is 2. The van der Waals surface area contributed by atoms with Gasteiger partial charge in [0.05, 0.1) is 5.02 Å². The number of carboxylic acids is 1. The molecule has 1 fully saturated rings. The lowest BCUT2D eigenvalue weighted by molar-refractivity contribution is -0.312. The predicted molar refractivity (Wildman–Crippen MR) is 111 cm³/mol. The van der Waals surface area contributed by atoms with Gasteiger partial charge < -0.3 is 24.4 Å². The van der Waals surface area contributed by atoms with Crippen LogP contribution >= 0.6 is 11.6 Å². The number of halogens is 1. The SMILES string of the molecule is Cc1c(C)c2cc(Cl)c(O[C@H](C)C(=O)NCC3CCC(C(=O)[O-])CC3)cc2oc1=O. The maximum absolute atomic E-state index is 12.4. The standard InChI is InChI=1S/C22H26ClNO6/c1-11-12(2)22(28)30-18-9-19(17(23)8-16(11)18)29-13(3)20(25)24-10-14-4-6-15(7-5-14)21(26)27/h8-9,13-15H,4-7,10H2,1-3H3,(H,24,25)(H,26,27)/p-1/t13-,14?,15?/m1/s1. The van der Waals surface area contributed by atoms with Crippen LogP contribution in [0.15, 0.2) is 21.3 Å². The molecule has 1 aliphatic rings. The van der Waals surface area contributed by atoms with Crippen molar-refractivity contribution >= 4 is 34.4 Å². The second-order valence-corrected chi connectivity index (χ2v) is 8.37. The first kappa shape index (κ1) is 22.2. The number of benzene rings is 1. The van der Waals surface area contributed by atoms with Gasteiger partial charge in [-0.25, -0.2) is 4.79 Å². The molecule has 7 nitrogen and oxygen atoms in total. The van der Waals surface area contributed by atoms with E-state index >= 15 is 0 Å². The maximum Gasteiger partial charge on any atom is 0.339 e. The van der Waals surface area contributed by atoms with Crippen LogP contribution in [0.4, 0.5) is 0 Å². The normalized spacial score (nSPS) is 20.0. The minimum atomic E-state index is -0.993. The van der Waals surface area contributed by atoms with Crippen LogP contribution in [-0.2, 0) is 9.59 Å². The largest absolute Gasteiger partial charge is 0.550 e. The molecule has 0 radical (unpaired) electrons. The van der Waals surface area contributed by atoms with Gasteiger partial charge in [0.15, 0.2) is 6.10 Å². The van der Waals surface area contributed by atoms with Crippen LogP contribution in [0.25, 0.3) is 11.0 Å². The highest BCUT2D eigenvalue weighted by atomic mass is 35.5. The monoisotopic (exact) mass is 434 g/mol. The predicted octanol–water partition coefficient (Wildman–Crippen LogP) is 2.50. The van der Waals surface area contributed by atoms with E-state index in [4.69, 9.17) is 20.8 Å². The number of fused-ring (bicyclic) bond motifs is 1. The highest BCUT2D eigenvalue weighted by Crippen LogP contribution is 2.32. The molecule has 1 atom stereocenters. The van der Waals surface area contributed by atoms with E-state index in [-0.39, 0.29) is 23.5 Å². The fraction of sp³-hybridized carbons (Fsp3) is 0.500. The van der Waals surface area contributed by atoms with Gasteiger partial charge in [-0.3, -0.25) is 4.79 Å². The first-order chi connectivity index (χ1) is 14.2. The summed E-state index contributed by atoms with van der Waals surface area (Å²) in [5.41, 5.74) is 1.23. The van der Waals surface area contributed by atoms with Gasteiger partial charge in [0.25, 0.3) is 5.91 Å². The third kappa shape index (κ3) is 4.78. The Balaban J connectivity index is 1.62. The van der Waals surface area contributed by atoms with Gasteiger partial charge in [-0.15, -0.1) is 0 Å². The lowest BCUT2D eigenvalue weighted by atomic mass is 9.82. The Morgan fingerprint density at radius 3 is 2.53 bits per heavy atom. The van der Waals surface area contributed by atoms with Crippen molar-refractivity contribution in [1.29, 1.82) is 0 Å². The van der Waals surface area contributed by atoms with Crippen LogP contribution in [0.3, 0.4) is 0 Å². The number of amides is 1. The Bertz CT molecular complexity index is 1020.